The largest absolute Gasteiger partial charge is 0.494 e. The second-order valence-electron chi connectivity index (χ2n) is 6.01. The minimum Gasteiger partial charge on any atom is -0.494 e. The van der Waals surface area contributed by atoms with Gasteiger partial charge in [0.2, 0.25) is 0 Å². The van der Waals surface area contributed by atoms with E-state index in [2.05, 4.69) is 4.90 Å². The average Bonchev–Trinajstić information content (AvgIpc) is 2.67. The molecule has 3 nitrogen and oxygen atoms in total. The van der Waals surface area contributed by atoms with Crippen LogP contribution in [0, 0.1) is 0 Å². The van der Waals surface area contributed by atoms with E-state index in [-0.39, 0.29) is 0 Å². The summed E-state index contributed by atoms with van der Waals surface area (Å²) >= 11 is 5.85. The van der Waals surface area contributed by atoms with Crippen molar-refractivity contribution in [1.82, 2.24) is 4.90 Å². The Balaban J connectivity index is 1.41. The Morgan fingerprint density at radius 1 is 1.15 bits per heavy atom. The number of nitrogens with two attached hydrogens (primary N) is 1. The third-order valence-electron chi connectivity index (χ3n) is 4.56. The zero-order valence-corrected chi connectivity index (χ0v) is 12.6. The quantitative estimate of drug-likeness (QED) is 0.848. The van der Waals surface area contributed by atoms with Crippen molar-refractivity contribution in [2.24, 2.45) is 5.73 Å². The van der Waals surface area contributed by atoms with Gasteiger partial charge in [0.25, 0.3) is 0 Å². The minimum absolute atomic E-state index is 0.425. The van der Waals surface area contributed by atoms with E-state index in [1.165, 1.54) is 25.7 Å². The number of nitrogens with zero attached hydrogens (tertiary/aromatic N) is 1. The highest BCUT2D eigenvalue weighted by atomic mass is 35.5. The maximum Gasteiger partial charge on any atom is 0.119 e. The van der Waals surface area contributed by atoms with Gasteiger partial charge in [0.15, 0.2) is 0 Å². The lowest BCUT2D eigenvalue weighted by atomic mass is 9.98. The number of piperidine rings is 1. The zero-order chi connectivity index (χ0) is 13.9. The first kappa shape index (κ1) is 14.2. The maximum atomic E-state index is 6.10. The second-order valence-corrected chi connectivity index (χ2v) is 6.45. The molecule has 110 valence electrons. The normalized spacial score (nSPS) is 29.6. The van der Waals surface area contributed by atoms with Crippen LogP contribution < -0.4 is 10.5 Å². The number of ether oxygens (including phenoxy) is 1. The number of fused-ring (bicyclic) bond motifs is 2. The van der Waals surface area contributed by atoms with Gasteiger partial charge in [-0.2, -0.15) is 0 Å². The average molecular weight is 295 g/mol. The summed E-state index contributed by atoms with van der Waals surface area (Å²) in [6.07, 6.45) is 6.08. The molecule has 2 fully saturated rings. The van der Waals surface area contributed by atoms with Crippen molar-refractivity contribution in [1.29, 1.82) is 0 Å². The monoisotopic (exact) mass is 294 g/mol. The van der Waals surface area contributed by atoms with Gasteiger partial charge in [-0.3, -0.25) is 4.90 Å². The number of hydrogen-bond donors (Lipinski definition) is 1. The Hall–Kier alpha value is -0.770. The number of halogens is 1. The van der Waals surface area contributed by atoms with Gasteiger partial charge < -0.3 is 10.5 Å². The summed E-state index contributed by atoms with van der Waals surface area (Å²) in [6, 6.07) is 9.44. The van der Waals surface area contributed by atoms with E-state index in [1.54, 1.807) is 0 Å². The summed E-state index contributed by atoms with van der Waals surface area (Å²) in [4.78, 5) is 2.66. The molecule has 2 N–H and O–H groups in total. The lowest BCUT2D eigenvalue weighted by molar-refractivity contribution is 0.119. The summed E-state index contributed by atoms with van der Waals surface area (Å²) in [5.74, 6) is 0.901. The SMILES string of the molecule is N[C@@H]1C[C@H]2CC[C@@H](C1)N2CCCOc1ccc(Cl)cc1. The van der Waals surface area contributed by atoms with Crippen molar-refractivity contribution < 1.29 is 4.74 Å². The van der Waals surface area contributed by atoms with Crippen LogP contribution in [0.1, 0.15) is 32.1 Å². The summed E-state index contributed by atoms with van der Waals surface area (Å²) in [5.41, 5.74) is 6.10. The Labute approximate surface area is 126 Å². The second kappa shape index (κ2) is 6.33. The maximum absolute atomic E-state index is 6.10. The van der Waals surface area contributed by atoms with Gasteiger partial charge in [0.1, 0.15) is 5.75 Å². The smallest absolute Gasteiger partial charge is 0.119 e. The van der Waals surface area contributed by atoms with Gasteiger partial charge in [-0.25, -0.2) is 0 Å². The van der Waals surface area contributed by atoms with Crippen molar-refractivity contribution >= 4 is 11.6 Å². The van der Waals surface area contributed by atoms with Crippen LogP contribution >= 0.6 is 11.6 Å². The Kier molecular flexibility index (Phi) is 4.49. The molecule has 4 heteroatoms. The molecule has 1 aromatic carbocycles. The van der Waals surface area contributed by atoms with Gasteiger partial charge in [-0.1, -0.05) is 11.6 Å². The van der Waals surface area contributed by atoms with Crippen LogP contribution in [-0.2, 0) is 0 Å². The van der Waals surface area contributed by atoms with Crippen LogP contribution in [0.5, 0.6) is 5.75 Å². The molecule has 2 heterocycles. The van der Waals surface area contributed by atoms with Gasteiger partial charge in [-0.15, -0.1) is 0 Å². The Bertz CT molecular complexity index is 423. The van der Waals surface area contributed by atoms with E-state index in [4.69, 9.17) is 22.1 Å². The molecule has 1 aromatic rings. The highest BCUT2D eigenvalue weighted by molar-refractivity contribution is 6.30. The molecule has 0 amide bonds. The van der Waals surface area contributed by atoms with Crippen LogP contribution in [0.4, 0.5) is 0 Å². The van der Waals surface area contributed by atoms with Gasteiger partial charge in [0, 0.05) is 29.7 Å². The number of benzene rings is 1. The van der Waals surface area contributed by atoms with Crippen molar-refractivity contribution in [3.8, 4) is 5.75 Å². The van der Waals surface area contributed by atoms with Crippen molar-refractivity contribution in [3.05, 3.63) is 29.3 Å². The highest BCUT2D eigenvalue weighted by Crippen LogP contribution is 2.34. The fourth-order valence-corrected chi connectivity index (χ4v) is 3.78. The molecule has 20 heavy (non-hydrogen) atoms. The van der Waals surface area contributed by atoms with E-state index in [0.717, 1.165) is 42.4 Å². The molecule has 0 aromatic heterocycles. The summed E-state index contributed by atoms with van der Waals surface area (Å²) in [7, 11) is 0. The summed E-state index contributed by atoms with van der Waals surface area (Å²) in [6.45, 7) is 1.90. The fourth-order valence-electron chi connectivity index (χ4n) is 3.65. The zero-order valence-electron chi connectivity index (χ0n) is 11.8. The minimum atomic E-state index is 0.425. The van der Waals surface area contributed by atoms with Crippen LogP contribution in [-0.4, -0.2) is 36.2 Å². The summed E-state index contributed by atoms with van der Waals surface area (Å²) in [5, 5.41) is 0.749. The van der Waals surface area contributed by atoms with Crippen molar-refractivity contribution in [3.63, 3.8) is 0 Å². The standard InChI is InChI=1S/C16H23ClN2O/c17-12-2-6-16(7-3-12)20-9-1-8-19-14-4-5-15(19)11-13(18)10-14/h2-3,6-7,13-15H,1,4-5,8-11,18H2/t13-,14-,15+. The number of hydrogen-bond acceptors (Lipinski definition) is 3. The van der Waals surface area contributed by atoms with Gasteiger partial charge in [0.05, 0.1) is 6.61 Å². The molecule has 2 aliphatic heterocycles. The molecule has 0 saturated carbocycles. The topological polar surface area (TPSA) is 38.5 Å². The molecular weight excluding hydrogens is 272 g/mol. The van der Waals surface area contributed by atoms with Crippen molar-refractivity contribution in [2.45, 2.75) is 50.2 Å². The highest BCUT2D eigenvalue weighted by Gasteiger charge is 2.38. The van der Waals surface area contributed by atoms with E-state index in [1.807, 2.05) is 24.3 Å². The Morgan fingerprint density at radius 2 is 1.80 bits per heavy atom. The molecule has 3 rings (SSSR count). The first-order valence-corrected chi connectivity index (χ1v) is 8.00. The van der Waals surface area contributed by atoms with Crippen LogP contribution in [0.3, 0.4) is 0 Å². The first-order valence-electron chi connectivity index (χ1n) is 7.62. The Morgan fingerprint density at radius 3 is 2.45 bits per heavy atom. The van der Waals surface area contributed by atoms with Gasteiger partial charge >= 0.3 is 0 Å². The van der Waals surface area contributed by atoms with Gasteiger partial charge in [-0.05, 0) is 56.4 Å². The van der Waals surface area contributed by atoms with Crippen molar-refractivity contribution in [2.75, 3.05) is 13.2 Å². The third kappa shape index (κ3) is 3.27. The predicted molar refractivity (Wildman–Crippen MR) is 82.3 cm³/mol. The van der Waals surface area contributed by atoms with Crippen LogP contribution in [0.25, 0.3) is 0 Å². The van der Waals surface area contributed by atoms with E-state index in [0.29, 0.717) is 6.04 Å². The van der Waals surface area contributed by atoms with Crippen LogP contribution in [0.2, 0.25) is 5.02 Å². The molecule has 0 radical (unpaired) electrons. The van der Waals surface area contributed by atoms with E-state index in [9.17, 15) is 0 Å². The molecule has 2 aliphatic rings. The lowest BCUT2D eigenvalue weighted by Crippen LogP contribution is -2.47. The van der Waals surface area contributed by atoms with E-state index < -0.39 is 0 Å². The molecule has 0 unspecified atom stereocenters. The summed E-state index contributed by atoms with van der Waals surface area (Å²) < 4.78 is 5.75. The third-order valence-corrected chi connectivity index (χ3v) is 4.82. The number of rotatable bonds is 5. The molecule has 0 aliphatic carbocycles. The molecule has 2 bridgehead atoms. The van der Waals surface area contributed by atoms with Crippen LogP contribution in [0.15, 0.2) is 24.3 Å². The molecular formula is C16H23ClN2O. The van der Waals surface area contributed by atoms with E-state index >= 15 is 0 Å². The molecule has 3 atom stereocenters. The molecule has 2 saturated heterocycles. The lowest BCUT2D eigenvalue weighted by Gasteiger charge is -2.37. The predicted octanol–water partition coefficient (Wildman–Crippen LogP) is 3.06. The molecule has 0 spiro atoms. The fraction of sp³-hybridized carbons (Fsp3) is 0.625. The first-order chi connectivity index (χ1) is 9.72.